The first-order valence-corrected chi connectivity index (χ1v) is 5.75. The standard InChI is InChI=1S/C9H13FN2O2S/c1-12(2)15(13,14)9-5-3-4-8(10)7(9)6-11/h3-5H,6,11H2,1-2H3. The topological polar surface area (TPSA) is 63.4 Å². The van der Waals surface area contributed by atoms with E-state index in [4.69, 9.17) is 5.73 Å². The molecule has 2 N–H and O–H groups in total. The molecule has 4 nitrogen and oxygen atoms in total. The van der Waals surface area contributed by atoms with Crippen LogP contribution < -0.4 is 5.73 Å². The van der Waals surface area contributed by atoms with Crippen LogP contribution in [-0.4, -0.2) is 26.8 Å². The Morgan fingerprint density at radius 2 is 2.00 bits per heavy atom. The van der Waals surface area contributed by atoms with Crippen LogP contribution in [0.1, 0.15) is 5.56 Å². The second-order valence-corrected chi connectivity index (χ2v) is 5.33. The molecule has 0 spiro atoms. The average molecular weight is 232 g/mol. The van der Waals surface area contributed by atoms with Crippen molar-refractivity contribution < 1.29 is 12.8 Å². The first-order chi connectivity index (χ1) is 6.91. The number of nitrogens with two attached hydrogens (primary N) is 1. The van der Waals surface area contributed by atoms with Crippen LogP contribution in [0.2, 0.25) is 0 Å². The van der Waals surface area contributed by atoms with Gasteiger partial charge in [0.05, 0.1) is 4.90 Å². The SMILES string of the molecule is CN(C)S(=O)(=O)c1cccc(F)c1CN. The molecule has 0 unspecified atom stereocenters. The van der Waals surface area contributed by atoms with E-state index in [-0.39, 0.29) is 17.0 Å². The summed E-state index contributed by atoms with van der Waals surface area (Å²) in [6.45, 7) is -0.144. The minimum Gasteiger partial charge on any atom is -0.326 e. The van der Waals surface area contributed by atoms with Crippen molar-refractivity contribution in [2.45, 2.75) is 11.4 Å². The highest BCUT2D eigenvalue weighted by Crippen LogP contribution is 2.20. The van der Waals surface area contributed by atoms with Gasteiger partial charge < -0.3 is 5.73 Å². The van der Waals surface area contributed by atoms with E-state index < -0.39 is 15.8 Å². The predicted molar refractivity (Wildman–Crippen MR) is 55.2 cm³/mol. The Kier molecular flexibility index (Phi) is 3.43. The molecule has 0 aliphatic heterocycles. The molecule has 0 aliphatic rings. The minimum absolute atomic E-state index is 0.0196. The molecule has 0 bridgehead atoms. The van der Waals surface area contributed by atoms with Gasteiger partial charge in [0.25, 0.3) is 0 Å². The second-order valence-electron chi connectivity index (χ2n) is 3.21. The molecule has 0 atom stereocenters. The number of halogens is 1. The van der Waals surface area contributed by atoms with E-state index in [0.29, 0.717) is 0 Å². The van der Waals surface area contributed by atoms with Gasteiger partial charge in [-0.05, 0) is 12.1 Å². The minimum atomic E-state index is -3.63. The van der Waals surface area contributed by atoms with E-state index in [1.54, 1.807) is 0 Å². The van der Waals surface area contributed by atoms with Crippen LogP contribution in [0.25, 0.3) is 0 Å². The van der Waals surface area contributed by atoms with Crippen LogP contribution in [0.3, 0.4) is 0 Å². The van der Waals surface area contributed by atoms with Crippen molar-refractivity contribution in [1.29, 1.82) is 0 Å². The van der Waals surface area contributed by atoms with Crippen LogP contribution in [0.4, 0.5) is 4.39 Å². The van der Waals surface area contributed by atoms with Gasteiger partial charge in [-0.15, -0.1) is 0 Å². The monoisotopic (exact) mass is 232 g/mol. The molecule has 1 aromatic rings. The van der Waals surface area contributed by atoms with E-state index >= 15 is 0 Å². The number of hydrogen-bond donors (Lipinski definition) is 1. The Hall–Kier alpha value is -0.980. The van der Waals surface area contributed by atoms with E-state index in [2.05, 4.69) is 0 Å². The molecule has 84 valence electrons. The molecule has 0 amide bonds. The molecule has 0 heterocycles. The van der Waals surface area contributed by atoms with Crippen molar-refractivity contribution >= 4 is 10.0 Å². The Balaban J connectivity index is 3.45. The third kappa shape index (κ3) is 2.17. The first kappa shape index (κ1) is 12.1. The molecule has 0 fully saturated rings. The van der Waals surface area contributed by atoms with Crippen molar-refractivity contribution in [2.75, 3.05) is 14.1 Å². The summed E-state index contributed by atoms with van der Waals surface area (Å²) in [7, 11) is -0.850. The molecule has 6 heteroatoms. The Labute approximate surface area is 88.6 Å². The molecular weight excluding hydrogens is 219 g/mol. The normalized spacial score (nSPS) is 12.1. The maximum atomic E-state index is 13.3. The lowest BCUT2D eigenvalue weighted by Gasteiger charge is -2.14. The molecule has 1 rings (SSSR count). The van der Waals surface area contributed by atoms with Gasteiger partial charge in [-0.1, -0.05) is 6.07 Å². The molecule has 0 radical (unpaired) electrons. The second kappa shape index (κ2) is 4.26. The highest BCUT2D eigenvalue weighted by atomic mass is 32.2. The zero-order valence-electron chi connectivity index (χ0n) is 8.57. The zero-order chi connectivity index (χ0) is 11.6. The third-order valence-electron chi connectivity index (χ3n) is 2.04. The van der Waals surface area contributed by atoms with Crippen LogP contribution in [-0.2, 0) is 16.6 Å². The number of benzene rings is 1. The van der Waals surface area contributed by atoms with Crippen LogP contribution >= 0.6 is 0 Å². The fourth-order valence-electron chi connectivity index (χ4n) is 1.18. The molecule has 0 saturated heterocycles. The van der Waals surface area contributed by atoms with Gasteiger partial charge in [0, 0.05) is 26.2 Å². The van der Waals surface area contributed by atoms with E-state index in [9.17, 15) is 12.8 Å². The highest BCUT2D eigenvalue weighted by Gasteiger charge is 2.22. The molecular formula is C9H13FN2O2S. The highest BCUT2D eigenvalue weighted by molar-refractivity contribution is 7.89. The van der Waals surface area contributed by atoms with Gasteiger partial charge in [-0.2, -0.15) is 0 Å². The average Bonchev–Trinajstić information content (AvgIpc) is 2.17. The lowest BCUT2D eigenvalue weighted by atomic mass is 10.2. The van der Waals surface area contributed by atoms with Crippen molar-refractivity contribution in [3.05, 3.63) is 29.6 Å². The van der Waals surface area contributed by atoms with Gasteiger partial charge in [0.15, 0.2) is 0 Å². The van der Waals surface area contributed by atoms with E-state index in [1.807, 2.05) is 0 Å². The summed E-state index contributed by atoms with van der Waals surface area (Å²) in [4.78, 5) is -0.0741. The smallest absolute Gasteiger partial charge is 0.242 e. The fraction of sp³-hybridized carbons (Fsp3) is 0.333. The predicted octanol–water partition coefficient (Wildman–Crippen LogP) is 0.535. The van der Waals surface area contributed by atoms with Crippen molar-refractivity contribution in [3.63, 3.8) is 0 Å². The van der Waals surface area contributed by atoms with Gasteiger partial charge in [-0.3, -0.25) is 0 Å². The third-order valence-corrected chi connectivity index (χ3v) is 3.94. The van der Waals surface area contributed by atoms with Crippen molar-refractivity contribution in [2.24, 2.45) is 5.73 Å². The summed E-state index contributed by atoms with van der Waals surface area (Å²) in [6.07, 6.45) is 0. The lowest BCUT2D eigenvalue weighted by Crippen LogP contribution is -2.24. The maximum Gasteiger partial charge on any atom is 0.242 e. The summed E-state index contributed by atoms with van der Waals surface area (Å²) < 4.78 is 37.8. The summed E-state index contributed by atoms with van der Waals surface area (Å²) in [5, 5.41) is 0. The van der Waals surface area contributed by atoms with Crippen LogP contribution in [0, 0.1) is 5.82 Å². The number of rotatable bonds is 3. The van der Waals surface area contributed by atoms with Gasteiger partial charge >= 0.3 is 0 Å². The first-order valence-electron chi connectivity index (χ1n) is 4.31. The summed E-state index contributed by atoms with van der Waals surface area (Å²) >= 11 is 0. The summed E-state index contributed by atoms with van der Waals surface area (Å²) in [5.74, 6) is -0.597. The molecule has 15 heavy (non-hydrogen) atoms. The van der Waals surface area contributed by atoms with E-state index in [0.717, 1.165) is 4.31 Å². The van der Waals surface area contributed by atoms with Crippen LogP contribution in [0.5, 0.6) is 0 Å². The lowest BCUT2D eigenvalue weighted by molar-refractivity contribution is 0.516. The molecule has 1 aromatic carbocycles. The van der Waals surface area contributed by atoms with E-state index in [1.165, 1.54) is 32.3 Å². The Morgan fingerprint density at radius 3 is 2.47 bits per heavy atom. The molecule has 0 aromatic heterocycles. The van der Waals surface area contributed by atoms with Crippen LogP contribution in [0.15, 0.2) is 23.1 Å². The van der Waals surface area contributed by atoms with Gasteiger partial charge in [-0.25, -0.2) is 17.1 Å². The van der Waals surface area contributed by atoms with Gasteiger partial charge in [0.1, 0.15) is 5.82 Å². The number of nitrogens with zero attached hydrogens (tertiary/aromatic N) is 1. The Bertz CT molecular complexity index is 457. The fourth-order valence-corrected chi connectivity index (χ4v) is 2.31. The Morgan fingerprint density at radius 1 is 1.40 bits per heavy atom. The molecule has 0 aliphatic carbocycles. The van der Waals surface area contributed by atoms with Crippen molar-refractivity contribution in [1.82, 2.24) is 4.31 Å². The number of sulfonamides is 1. The summed E-state index contributed by atoms with van der Waals surface area (Å²) in [5.41, 5.74) is 5.34. The maximum absolute atomic E-state index is 13.3. The number of hydrogen-bond acceptors (Lipinski definition) is 3. The molecule has 0 saturated carbocycles. The quantitative estimate of drug-likeness (QED) is 0.827. The van der Waals surface area contributed by atoms with Gasteiger partial charge in [0.2, 0.25) is 10.0 Å². The summed E-state index contributed by atoms with van der Waals surface area (Å²) in [6, 6.07) is 3.89. The zero-order valence-corrected chi connectivity index (χ0v) is 9.38. The van der Waals surface area contributed by atoms with Crippen molar-refractivity contribution in [3.8, 4) is 0 Å². The largest absolute Gasteiger partial charge is 0.326 e.